The number of aryl methyl sites for hydroxylation is 2. The molecule has 15 heavy (non-hydrogen) atoms. The molecule has 0 aromatic heterocycles. The number of nitrogens with one attached hydrogen (secondary N) is 1. The zero-order chi connectivity index (χ0) is 11.1. The molecule has 0 aliphatic rings. The number of aliphatic hydroxyl groups excluding tert-OH is 1. The highest BCUT2D eigenvalue weighted by Gasteiger charge is 2.02. The van der Waals surface area contributed by atoms with Crippen LogP contribution in [0.3, 0.4) is 0 Å². The van der Waals surface area contributed by atoms with E-state index in [1.54, 1.807) is 0 Å². The summed E-state index contributed by atoms with van der Waals surface area (Å²) in [5.74, 6) is 0. The Morgan fingerprint density at radius 3 is 2.33 bits per heavy atom. The Balaban J connectivity index is 2.37. The number of hydrogen-bond donors (Lipinski definition) is 2. The fourth-order valence-electron chi connectivity index (χ4n) is 1.61. The molecule has 0 saturated heterocycles. The molecule has 0 spiro atoms. The van der Waals surface area contributed by atoms with Gasteiger partial charge >= 0.3 is 0 Å². The van der Waals surface area contributed by atoms with E-state index in [0.29, 0.717) is 6.54 Å². The minimum Gasteiger partial charge on any atom is -0.392 e. The van der Waals surface area contributed by atoms with Gasteiger partial charge in [0.05, 0.1) is 6.10 Å². The second-order valence-corrected chi connectivity index (χ2v) is 3.92. The monoisotopic (exact) mass is 207 g/mol. The minimum atomic E-state index is -0.235. The predicted molar refractivity (Wildman–Crippen MR) is 64.1 cm³/mol. The lowest BCUT2D eigenvalue weighted by Crippen LogP contribution is -2.23. The topological polar surface area (TPSA) is 32.3 Å². The van der Waals surface area contributed by atoms with Crippen LogP contribution in [-0.2, 0) is 12.8 Å². The van der Waals surface area contributed by atoms with Crippen LogP contribution in [-0.4, -0.2) is 24.8 Å². The molecular weight excluding hydrogens is 186 g/mol. The molecular formula is C13H21NO. The van der Waals surface area contributed by atoms with Crippen molar-refractivity contribution in [2.24, 2.45) is 0 Å². The van der Waals surface area contributed by atoms with E-state index in [4.69, 9.17) is 0 Å². The second kappa shape index (κ2) is 6.59. The summed E-state index contributed by atoms with van der Waals surface area (Å²) in [4.78, 5) is 0. The van der Waals surface area contributed by atoms with E-state index in [-0.39, 0.29) is 6.10 Å². The fraction of sp³-hybridized carbons (Fsp3) is 0.538. The van der Waals surface area contributed by atoms with Crippen molar-refractivity contribution in [1.82, 2.24) is 5.32 Å². The van der Waals surface area contributed by atoms with E-state index in [0.717, 1.165) is 19.3 Å². The number of benzene rings is 1. The molecule has 0 amide bonds. The van der Waals surface area contributed by atoms with E-state index in [1.165, 1.54) is 11.1 Å². The van der Waals surface area contributed by atoms with Gasteiger partial charge in [-0.15, -0.1) is 0 Å². The van der Waals surface area contributed by atoms with Crippen LogP contribution in [0, 0.1) is 0 Å². The van der Waals surface area contributed by atoms with Crippen molar-refractivity contribution in [3.8, 4) is 0 Å². The van der Waals surface area contributed by atoms with Crippen LogP contribution in [0.25, 0.3) is 0 Å². The lowest BCUT2D eigenvalue weighted by molar-refractivity contribution is 0.165. The summed E-state index contributed by atoms with van der Waals surface area (Å²) in [6.07, 6.45) is 2.63. The van der Waals surface area contributed by atoms with Gasteiger partial charge in [0.1, 0.15) is 0 Å². The van der Waals surface area contributed by atoms with Crippen LogP contribution in [0.1, 0.15) is 24.5 Å². The molecule has 0 saturated carbocycles. The lowest BCUT2D eigenvalue weighted by atomic mass is 10.0. The van der Waals surface area contributed by atoms with E-state index < -0.39 is 0 Å². The Bertz CT molecular complexity index is 268. The summed E-state index contributed by atoms with van der Waals surface area (Å²) in [5, 5.41) is 12.5. The Morgan fingerprint density at radius 2 is 1.80 bits per heavy atom. The van der Waals surface area contributed by atoms with Crippen LogP contribution in [0.2, 0.25) is 0 Å². The highest BCUT2D eigenvalue weighted by atomic mass is 16.3. The quantitative estimate of drug-likeness (QED) is 0.745. The van der Waals surface area contributed by atoms with Crippen LogP contribution in [0.5, 0.6) is 0 Å². The van der Waals surface area contributed by atoms with Gasteiger partial charge in [-0.2, -0.15) is 0 Å². The standard InChI is InChI=1S/C13H21NO/c1-3-11-4-6-12(7-5-11)8-9-13(15)10-14-2/h4-7,13-15H,3,8-10H2,1-2H3. The molecule has 0 radical (unpaired) electrons. The van der Waals surface area contributed by atoms with Crippen LogP contribution < -0.4 is 5.32 Å². The second-order valence-electron chi connectivity index (χ2n) is 3.92. The molecule has 0 bridgehead atoms. The highest BCUT2D eigenvalue weighted by molar-refractivity contribution is 5.22. The fourth-order valence-corrected chi connectivity index (χ4v) is 1.61. The first-order valence-corrected chi connectivity index (χ1v) is 5.66. The van der Waals surface area contributed by atoms with Crippen molar-refractivity contribution < 1.29 is 5.11 Å². The smallest absolute Gasteiger partial charge is 0.0667 e. The van der Waals surface area contributed by atoms with Crippen molar-refractivity contribution in [2.75, 3.05) is 13.6 Å². The number of aliphatic hydroxyl groups is 1. The van der Waals surface area contributed by atoms with Gasteiger partial charge in [0, 0.05) is 6.54 Å². The van der Waals surface area contributed by atoms with Gasteiger partial charge in [-0.1, -0.05) is 31.2 Å². The van der Waals surface area contributed by atoms with Gasteiger partial charge in [0.25, 0.3) is 0 Å². The van der Waals surface area contributed by atoms with E-state index in [2.05, 4.69) is 36.5 Å². The molecule has 2 nitrogen and oxygen atoms in total. The average Bonchev–Trinajstić information content (AvgIpc) is 2.27. The van der Waals surface area contributed by atoms with Gasteiger partial charge < -0.3 is 10.4 Å². The van der Waals surface area contributed by atoms with Gasteiger partial charge in [-0.05, 0) is 37.4 Å². The molecule has 1 atom stereocenters. The predicted octanol–water partition coefficient (Wildman–Crippen LogP) is 1.76. The number of likely N-dealkylation sites (N-methyl/N-ethyl adjacent to an activating group) is 1. The first-order valence-electron chi connectivity index (χ1n) is 5.66. The van der Waals surface area contributed by atoms with Crippen molar-refractivity contribution in [1.29, 1.82) is 0 Å². The Labute approximate surface area is 92.3 Å². The number of rotatable bonds is 6. The summed E-state index contributed by atoms with van der Waals surface area (Å²) in [7, 11) is 1.86. The van der Waals surface area contributed by atoms with Crippen molar-refractivity contribution in [2.45, 2.75) is 32.3 Å². The summed E-state index contributed by atoms with van der Waals surface area (Å²) in [6.45, 7) is 2.83. The van der Waals surface area contributed by atoms with Crippen molar-refractivity contribution >= 4 is 0 Å². The number of hydrogen-bond acceptors (Lipinski definition) is 2. The molecule has 0 aliphatic carbocycles. The molecule has 1 aromatic rings. The molecule has 0 aliphatic heterocycles. The Kier molecular flexibility index (Phi) is 5.37. The normalized spacial score (nSPS) is 12.7. The van der Waals surface area contributed by atoms with Crippen molar-refractivity contribution in [3.05, 3.63) is 35.4 Å². The maximum atomic E-state index is 9.55. The molecule has 2 heteroatoms. The van der Waals surface area contributed by atoms with E-state index in [1.807, 2.05) is 7.05 Å². The first-order chi connectivity index (χ1) is 7.26. The third kappa shape index (κ3) is 4.45. The molecule has 84 valence electrons. The van der Waals surface area contributed by atoms with Gasteiger partial charge in [0.2, 0.25) is 0 Å². The van der Waals surface area contributed by atoms with Crippen LogP contribution >= 0.6 is 0 Å². The van der Waals surface area contributed by atoms with E-state index in [9.17, 15) is 5.11 Å². The molecule has 0 heterocycles. The zero-order valence-corrected chi connectivity index (χ0v) is 9.66. The van der Waals surface area contributed by atoms with Gasteiger partial charge in [-0.25, -0.2) is 0 Å². The Morgan fingerprint density at radius 1 is 1.20 bits per heavy atom. The molecule has 2 N–H and O–H groups in total. The van der Waals surface area contributed by atoms with Gasteiger partial charge in [-0.3, -0.25) is 0 Å². The molecule has 1 unspecified atom stereocenters. The summed E-state index contributed by atoms with van der Waals surface area (Å²) in [5.41, 5.74) is 2.68. The Hall–Kier alpha value is -0.860. The lowest BCUT2D eigenvalue weighted by Gasteiger charge is -2.09. The van der Waals surface area contributed by atoms with Gasteiger partial charge in [0.15, 0.2) is 0 Å². The van der Waals surface area contributed by atoms with Crippen LogP contribution in [0.15, 0.2) is 24.3 Å². The van der Waals surface area contributed by atoms with Crippen LogP contribution in [0.4, 0.5) is 0 Å². The van der Waals surface area contributed by atoms with E-state index >= 15 is 0 Å². The third-order valence-electron chi connectivity index (χ3n) is 2.64. The molecule has 1 aromatic carbocycles. The summed E-state index contributed by atoms with van der Waals surface area (Å²) < 4.78 is 0. The maximum Gasteiger partial charge on any atom is 0.0667 e. The maximum absolute atomic E-state index is 9.55. The first kappa shape index (κ1) is 12.2. The molecule has 0 fully saturated rings. The molecule has 1 rings (SSSR count). The largest absolute Gasteiger partial charge is 0.392 e. The van der Waals surface area contributed by atoms with Crippen molar-refractivity contribution in [3.63, 3.8) is 0 Å². The minimum absolute atomic E-state index is 0.235. The highest BCUT2D eigenvalue weighted by Crippen LogP contribution is 2.08. The summed E-state index contributed by atoms with van der Waals surface area (Å²) >= 11 is 0. The zero-order valence-electron chi connectivity index (χ0n) is 9.66. The summed E-state index contributed by atoms with van der Waals surface area (Å²) in [6, 6.07) is 8.65. The third-order valence-corrected chi connectivity index (χ3v) is 2.64. The average molecular weight is 207 g/mol. The SMILES string of the molecule is CCc1ccc(CCC(O)CNC)cc1.